The summed E-state index contributed by atoms with van der Waals surface area (Å²) in [5.74, 6) is 0.399. The molecule has 1 aliphatic rings. The third-order valence-electron chi connectivity index (χ3n) is 3.78. The molecule has 5 nitrogen and oxygen atoms in total. The van der Waals surface area contributed by atoms with Gasteiger partial charge in [0.15, 0.2) is 5.84 Å². The maximum atomic E-state index is 9.68. The molecular formula is C14H21N3O2. The molecule has 0 radical (unpaired) electrons. The van der Waals surface area contributed by atoms with Crippen molar-refractivity contribution in [2.24, 2.45) is 16.8 Å². The predicted molar refractivity (Wildman–Crippen MR) is 75.7 cm³/mol. The zero-order valence-corrected chi connectivity index (χ0v) is 11.4. The topological polar surface area (TPSA) is 82.1 Å². The van der Waals surface area contributed by atoms with E-state index in [1.54, 1.807) is 0 Å². The third-order valence-corrected chi connectivity index (χ3v) is 3.78. The summed E-state index contributed by atoms with van der Waals surface area (Å²) in [6, 6.07) is 5.85. The van der Waals surface area contributed by atoms with Crippen molar-refractivity contribution in [3.63, 3.8) is 0 Å². The van der Waals surface area contributed by atoms with E-state index < -0.39 is 0 Å². The van der Waals surface area contributed by atoms with Crippen molar-refractivity contribution in [1.82, 2.24) is 0 Å². The Labute approximate surface area is 113 Å². The van der Waals surface area contributed by atoms with Crippen LogP contribution in [-0.2, 0) is 0 Å². The molecule has 0 spiro atoms. The normalized spacial score (nSPS) is 21.7. The first-order chi connectivity index (χ1) is 9.02. The Morgan fingerprint density at radius 3 is 2.84 bits per heavy atom. The standard InChI is InChI=1S/C14H21N3O2/c1-9-3-4-12(14(15)16-19)13(7-9)17-6-5-11(8-17)10(2)18/h3-4,7,10-11,18-19H,5-6,8H2,1-2H3,(H2,15,16). The third kappa shape index (κ3) is 2.81. The largest absolute Gasteiger partial charge is 0.409 e. The van der Waals surface area contributed by atoms with Crippen LogP contribution in [0, 0.1) is 12.8 Å². The number of hydrogen-bond acceptors (Lipinski definition) is 4. The van der Waals surface area contributed by atoms with Crippen molar-refractivity contribution in [2.75, 3.05) is 18.0 Å². The molecule has 5 heteroatoms. The smallest absolute Gasteiger partial charge is 0.172 e. The Bertz CT molecular complexity index is 486. The molecular weight excluding hydrogens is 242 g/mol. The fourth-order valence-electron chi connectivity index (χ4n) is 2.57. The molecule has 0 bridgehead atoms. The van der Waals surface area contributed by atoms with E-state index in [4.69, 9.17) is 10.9 Å². The van der Waals surface area contributed by atoms with E-state index >= 15 is 0 Å². The minimum absolute atomic E-state index is 0.121. The number of nitrogens with zero attached hydrogens (tertiary/aromatic N) is 2. The molecule has 104 valence electrons. The molecule has 0 aliphatic carbocycles. The summed E-state index contributed by atoms with van der Waals surface area (Å²) in [6.07, 6.45) is 0.656. The summed E-state index contributed by atoms with van der Waals surface area (Å²) in [5.41, 5.74) is 8.57. The molecule has 0 aromatic heterocycles. The molecule has 1 aromatic carbocycles. The van der Waals surface area contributed by atoms with Crippen LogP contribution in [0.3, 0.4) is 0 Å². The van der Waals surface area contributed by atoms with Crippen LogP contribution in [0.4, 0.5) is 5.69 Å². The second kappa shape index (κ2) is 5.48. The molecule has 2 atom stereocenters. The Balaban J connectivity index is 2.31. The number of amidine groups is 1. The lowest BCUT2D eigenvalue weighted by Gasteiger charge is -2.23. The van der Waals surface area contributed by atoms with Gasteiger partial charge in [-0.25, -0.2) is 0 Å². The van der Waals surface area contributed by atoms with Gasteiger partial charge in [-0.3, -0.25) is 0 Å². The van der Waals surface area contributed by atoms with Crippen molar-refractivity contribution < 1.29 is 10.3 Å². The SMILES string of the molecule is Cc1ccc(/C(N)=N/O)c(N2CCC(C(C)O)C2)c1. The molecule has 0 amide bonds. The molecule has 1 fully saturated rings. The zero-order valence-electron chi connectivity index (χ0n) is 11.4. The molecule has 2 unspecified atom stereocenters. The number of aliphatic hydroxyl groups excluding tert-OH is 1. The summed E-state index contributed by atoms with van der Waals surface area (Å²) < 4.78 is 0. The first-order valence-corrected chi connectivity index (χ1v) is 6.54. The molecule has 1 heterocycles. The molecule has 1 aliphatic heterocycles. The van der Waals surface area contributed by atoms with Crippen LogP contribution in [0.2, 0.25) is 0 Å². The minimum atomic E-state index is -0.304. The molecule has 4 N–H and O–H groups in total. The van der Waals surface area contributed by atoms with Gasteiger partial charge in [0.1, 0.15) is 0 Å². The van der Waals surface area contributed by atoms with Gasteiger partial charge in [0.2, 0.25) is 0 Å². The molecule has 1 saturated heterocycles. The summed E-state index contributed by atoms with van der Waals surface area (Å²) in [5, 5.41) is 21.6. The minimum Gasteiger partial charge on any atom is -0.409 e. The highest BCUT2D eigenvalue weighted by Crippen LogP contribution is 2.29. The quantitative estimate of drug-likeness (QED) is 0.332. The summed E-state index contributed by atoms with van der Waals surface area (Å²) in [4.78, 5) is 2.19. The van der Waals surface area contributed by atoms with E-state index in [9.17, 15) is 5.11 Å². The maximum Gasteiger partial charge on any atom is 0.172 e. The van der Waals surface area contributed by atoms with E-state index in [1.807, 2.05) is 32.0 Å². The highest BCUT2D eigenvalue weighted by molar-refractivity contribution is 6.02. The number of hydrogen-bond donors (Lipinski definition) is 3. The maximum absolute atomic E-state index is 9.68. The Morgan fingerprint density at radius 2 is 2.26 bits per heavy atom. The van der Waals surface area contributed by atoms with Crippen molar-refractivity contribution in [3.05, 3.63) is 29.3 Å². The summed E-state index contributed by atoms with van der Waals surface area (Å²) in [7, 11) is 0. The second-order valence-corrected chi connectivity index (χ2v) is 5.24. The number of aryl methyl sites for hydroxylation is 1. The van der Waals surface area contributed by atoms with Crippen molar-refractivity contribution in [3.8, 4) is 0 Å². The Morgan fingerprint density at radius 1 is 1.53 bits per heavy atom. The van der Waals surface area contributed by atoms with Gasteiger partial charge in [0, 0.05) is 30.3 Å². The summed E-state index contributed by atoms with van der Waals surface area (Å²) in [6.45, 7) is 5.52. The van der Waals surface area contributed by atoms with Crippen LogP contribution < -0.4 is 10.6 Å². The second-order valence-electron chi connectivity index (χ2n) is 5.24. The van der Waals surface area contributed by atoms with E-state index in [1.165, 1.54) is 0 Å². The van der Waals surface area contributed by atoms with Gasteiger partial charge < -0.3 is 20.9 Å². The highest BCUT2D eigenvalue weighted by atomic mass is 16.4. The van der Waals surface area contributed by atoms with Gasteiger partial charge >= 0.3 is 0 Å². The monoisotopic (exact) mass is 263 g/mol. The summed E-state index contributed by atoms with van der Waals surface area (Å²) >= 11 is 0. The number of oxime groups is 1. The van der Waals surface area contributed by atoms with Crippen LogP contribution in [0.5, 0.6) is 0 Å². The lowest BCUT2D eigenvalue weighted by molar-refractivity contribution is 0.136. The molecule has 0 saturated carbocycles. The van der Waals surface area contributed by atoms with Crippen LogP contribution in [-0.4, -0.2) is 35.3 Å². The van der Waals surface area contributed by atoms with Crippen LogP contribution in [0.1, 0.15) is 24.5 Å². The number of benzene rings is 1. The van der Waals surface area contributed by atoms with E-state index in [0.29, 0.717) is 0 Å². The fraction of sp³-hybridized carbons (Fsp3) is 0.500. The highest BCUT2D eigenvalue weighted by Gasteiger charge is 2.27. The van der Waals surface area contributed by atoms with Crippen LogP contribution in [0.25, 0.3) is 0 Å². The predicted octanol–water partition coefficient (Wildman–Crippen LogP) is 1.30. The van der Waals surface area contributed by atoms with Gasteiger partial charge in [0.05, 0.1) is 6.10 Å². The molecule has 19 heavy (non-hydrogen) atoms. The average Bonchev–Trinajstić information content (AvgIpc) is 2.87. The number of aliphatic hydroxyl groups is 1. The van der Waals surface area contributed by atoms with Gasteiger partial charge in [0.25, 0.3) is 0 Å². The van der Waals surface area contributed by atoms with E-state index in [2.05, 4.69) is 10.1 Å². The van der Waals surface area contributed by atoms with Crippen LogP contribution in [0.15, 0.2) is 23.4 Å². The Kier molecular flexibility index (Phi) is 3.95. The molecule has 2 rings (SSSR count). The first kappa shape index (κ1) is 13.7. The van der Waals surface area contributed by atoms with Crippen LogP contribution >= 0.6 is 0 Å². The van der Waals surface area contributed by atoms with Gasteiger partial charge in [-0.05, 0) is 38.0 Å². The molecule has 1 aromatic rings. The fourth-order valence-corrected chi connectivity index (χ4v) is 2.57. The lowest BCUT2D eigenvalue weighted by Crippen LogP contribution is -2.26. The van der Waals surface area contributed by atoms with Crippen molar-refractivity contribution in [1.29, 1.82) is 0 Å². The van der Waals surface area contributed by atoms with Gasteiger partial charge in [-0.2, -0.15) is 0 Å². The van der Waals surface area contributed by atoms with Gasteiger partial charge in [-0.1, -0.05) is 11.2 Å². The number of anilines is 1. The lowest BCUT2D eigenvalue weighted by atomic mass is 10.0. The average molecular weight is 263 g/mol. The number of nitrogens with two attached hydrogens (primary N) is 1. The van der Waals surface area contributed by atoms with Crippen molar-refractivity contribution in [2.45, 2.75) is 26.4 Å². The number of rotatable bonds is 3. The van der Waals surface area contributed by atoms with E-state index in [-0.39, 0.29) is 17.9 Å². The first-order valence-electron chi connectivity index (χ1n) is 6.54. The Hall–Kier alpha value is -1.75. The van der Waals surface area contributed by atoms with E-state index in [0.717, 1.165) is 36.3 Å². The van der Waals surface area contributed by atoms with Gasteiger partial charge in [-0.15, -0.1) is 0 Å². The zero-order chi connectivity index (χ0) is 14.0. The van der Waals surface area contributed by atoms with Crippen molar-refractivity contribution >= 4 is 11.5 Å².